The minimum atomic E-state index is -1.26. The molecule has 0 saturated carbocycles. The van der Waals surface area contributed by atoms with Crippen LogP contribution in [0.15, 0.2) is 77.7 Å². The molecule has 2 N–H and O–H groups in total. The van der Waals surface area contributed by atoms with E-state index in [0.29, 0.717) is 12.2 Å². The summed E-state index contributed by atoms with van der Waals surface area (Å²) in [5, 5.41) is 17.4. The molecule has 0 amide bonds. The Balaban J connectivity index is 0.000000350. The van der Waals surface area contributed by atoms with Crippen molar-refractivity contribution < 1.29 is 24.5 Å². The van der Waals surface area contributed by atoms with Crippen LogP contribution in [0.1, 0.15) is 6.42 Å². The second-order valence-electron chi connectivity index (χ2n) is 7.77. The third kappa shape index (κ3) is 7.13. The third-order valence-corrected chi connectivity index (χ3v) is 5.42. The Morgan fingerprint density at radius 3 is 2.06 bits per heavy atom. The first-order valence-corrected chi connectivity index (χ1v) is 11.1. The largest absolute Gasteiger partial charge is 0.478 e. The molecule has 4 rings (SSSR count). The molecule has 1 aliphatic rings. The van der Waals surface area contributed by atoms with Gasteiger partial charge in [-0.15, -0.1) is 0 Å². The fourth-order valence-corrected chi connectivity index (χ4v) is 3.79. The molecule has 0 spiro atoms. The zero-order valence-electron chi connectivity index (χ0n) is 18.8. The number of aliphatic carboxylic acids is 2. The van der Waals surface area contributed by atoms with Gasteiger partial charge in [0.05, 0.1) is 13.2 Å². The molecule has 178 valence electrons. The number of carboxylic acids is 2. The summed E-state index contributed by atoms with van der Waals surface area (Å²) in [4.78, 5) is 34.4. The summed E-state index contributed by atoms with van der Waals surface area (Å²) in [6, 6.07) is 18.2. The van der Waals surface area contributed by atoms with Gasteiger partial charge in [0.1, 0.15) is 0 Å². The van der Waals surface area contributed by atoms with Crippen molar-refractivity contribution in [1.29, 1.82) is 0 Å². The maximum absolute atomic E-state index is 12.9. The predicted molar refractivity (Wildman–Crippen MR) is 130 cm³/mol. The van der Waals surface area contributed by atoms with Gasteiger partial charge in [-0.1, -0.05) is 48.5 Å². The molecule has 0 aliphatic carbocycles. The monoisotopic (exact) mass is 464 g/mol. The number of pyridine rings is 1. The summed E-state index contributed by atoms with van der Waals surface area (Å²) < 4.78 is 7.28. The van der Waals surface area contributed by atoms with Crippen molar-refractivity contribution in [3.05, 3.63) is 83.3 Å². The van der Waals surface area contributed by atoms with E-state index in [2.05, 4.69) is 17.0 Å². The second-order valence-corrected chi connectivity index (χ2v) is 7.77. The van der Waals surface area contributed by atoms with E-state index in [-0.39, 0.29) is 5.56 Å². The lowest BCUT2D eigenvalue weighted by Crippen LogP contribution is -2.37. The van der Waals surface area contributed by atoms with Crippen LogP contribution in [0.4, 0.5) is 0 Å². The molecule has 0 unspecified atom stereocenters. The number of ether oxygens (including phenoxy) is 1. The van der Waals surface area contributed by atoms with E-state index in [4.69, 9.17) is 14.9 Å². The Kier molecular flexibility index (Phi) is 9.13. The second kappa shape index (κ2) is 12.5. The normalized spacial score (nSPS) is 14.0. The summed E-state index contributed by atoms with van der Waals surface area (Å²) in [6.07, 6.45) is 4.11. The summed E-state index contributed by atoms with van der Waals surface area (Å²) in [5.74, 6) is -2.51. The number of benzene rings is 2. The average Bonchev–Trinajstić information content (AvgIpc) is 2.86. The average molecular weight is 465 g/mol. The molecule has 1 aliphatic heterocycles. The number of hydrogen-bond donors (Lipinski definition) is 2. The quantitative estimate of drug-likeness (QED) is 0.517. The lowest BCUT2D eigenvalue weighted by atomic mass is 10.0. The van der Waals surface area contributed by atoms with Gasteiger partial charge in [0, 0.05) is 55.5 Å². The van der Waals surface area contributed by atoms with Crippen LogP contribution in [0.2, 0.25) is 0 Å². The van der Waals surface area contributed by atoms with Gasteiger partial charge in [0.15, 0.2) is 0 Å². The van der Waals surface area contributed by atoms with Crippen LogP contribution in [-0.4, -0.2) is 64.5 Å². The highest BCUT2D eigenvalue weighted by atomic mass is 16.5. The van der Waals surface area contributed by atoms with Crippen LogP contribution in [0.25, 0.3) is 21.9 Å². The first-order chi connectivity index (χ1) is 16.5. The van der Waals surface area contributed by atoms with Gasteiger partial charge >= 0.3 is 11.9 Å². The van der Waals surface area contributed by atoms with Gasteiger partial charge in [0.2, 0.25) is 0 Å². The van der Waals surface area contributed by atoms with Gasteiger partial charge in [0.25, 0.3) is 5.56 Å². The van der Waals surface area contributed by atoms with Crippen molar-refractivity contribution in [1.82, 2.24) is 9.47 Å². The van der Waals surface area contributed by atoms with Crippen molar-refractivity contribution in [2.24, 2.45) is 0 Å². The van der Waals surface area contributed by atoms with E-state index in [0.717, 1.165) is 67.7 Å². The minimum absolute atomic E-state index is 0.0993. The van der Waals surface area contributed by atoms with Crippen LogP contribution < -0.4 is 5.56 Å². The molecule has 8 nitrogen and oxygen atoms in total. The summed E-state index contributed by atoms with van der Waals surface area (Å²) in [5.41, 5.74) is 2.36. The van der Waals surface area contributed by atoms with Crippen LogP contribution in [-0.2, 0) is 20.9 Å². The topological polar surface area (TPSA) is 109 Å². The molecule has 2 heterocycles. The first-order valence-electron chi connectivity index (χ1n) is 11.1. The van der Waals surface area contributed by atoms with Crippen molar-refractivity contribution in [2.75, 3.05) is 32.8 Å². The SMILES string of the molecule is O=C(O)C=CC(=O)O.O=c1c2ccccc2c(-c2ccccc2)cn1CCCN1CCOCC1. The Labute approximate surface area is 197 Å². The van der Waals surface area contributed by atoms with E-state index in [1.54, 1.807) is 0 Å². The molecular formula is C26H28N2O6. The number of nitrogens with zero attached hydrogens (tertiary/aromatic N) is 2. The number of carboxylic acid groups (broad SMARTS) is 2. The Bertz CT molecular complexity index is 1180. The molecule has 3 aromatic rings. The number of aromatic nitrogens is 1. The van der Waals surface area contributed by atoms with E-state index >= 15 is 0 Å². The predicted octanol–water partition coefficient (Wildman–Crippen LogP) is 3.10. The summed E-state index contributed by atoms with van der Waals surface area (Å²) in [6.45, 7) is 5.34. The van der Waals surface area contributed by atoms with Crippen LogP contribution in [0.5, 0.6) is 0 Å². The standard InChI is InChI=1S/C22H24N2O2.C4H4O4/c25-22-20-10-5-4-9-19(20)21(18-7-2-1-3-8-18)17-24(22)12-6-11-23-13-15-26-16-14-23;5-3(6)1-2-4(7)8/h1-5,7-10,17H,6,11-16H2;1-2H,(H,5,6)(H,7,8). The fourth-order valence-electron chi connectivity index (χ4n) is 3.79. The van der Waals surface area contributed by atoms with Crippen molar-refractivity contribution in [2.45, 2.75) is 13.0 Å². The minimum Gasteiger partial charge on any atom is -0.478 e. The van der Waals surface area contributed by atoms with Gasteiger partial charge in [-0.05, 0) is 23.4 Å². The highest BCUT2D eigenvalue weighted by molar-refractivity contribution is 5.95. The smallest absolute Gasteiger partial charge is 0.328 e. The van der Waals surface area contributed by atoms with E-state index in [1.165, 1.54) is 0 Å². The molecule has 34 heavy (non-hydrogen) atoms. The fraction of sp³-hybridized carbons (Fsp3) is 0.269. The molecule has 1 fully saturated rings. The van der Waals surface area contributed by atoms with Crippen LogP contribution in [0.3, 0.4) is 0 Å². The number of carbonyl (C=O) groups is 2. The number of morpholine rings is 1. The third-order valence-electron chi connectivity index (χ3n) is 5.42. The highest BCUT2D eigenvalue weighted by Gasteiger charge is 2.12. The van der Waals surface area contributed by atoms with E-state index < -0.39 is 11.9 Å². The molecule has 0 atom stereocenters. The molecule has 0 radical (unpaired) electrons. The molecule has 0 bridgehead atoms. The molecule has 1 saturated heterocycles. The van der Waals surface area contributed by atoms with E-state index in [9.17, 15) is 14.4 Å². The maximum Gasteiger partial charge on any atom is 0.328 e. The Morgan fingerprint density at radius 1 is 0.853 bits per heavy atom. The molecule has 2 aromatic carbocycles. The van der Waals surface area contributed by atoms with Crippen molar-refractivity contribution >= 4 is 22.7 Å². The Morgan fingerprint density at radius 2 is 1.44 bits per heavy atom. The summed E-state index contributed by atoms with van der Waals surface area (Å²) >= 11 is 0. The first kappa shape index (κ1) is 24.9. The zero-order valence-corrected chi connectivity index (χ0v) is 18.8. The Hall–Kier alpha value is -3.75. The van der Waals surface area contributed by atoms with Crippen LogP contribution in [0, 0.1) is 0 Å². The highest BCUT2D eigenvalue weighted by Crippen LogP contribution is 2.26. The molecular weight excluding hydrogens is 436 g/mol. The number of rotatable bonds is 7. The lowest BCUT2D eigenvalue weighted by molar-refractivity contribution is -0.134. The van der Waals surface area contributed by atoms with Gasteiger partial charge < -0.3 is 19.5 Å². The van der Waals surface area contributed by atoms with Crippen molar-refractivity contribution in [3.8, 4) is 11.1 Å². The number of aryl methyl sites for hydroxylation is 1. The molecule has 1 aromatic heterocycles. The number of hydrogen-bond acceptors (Lipinski definition) is 5. The van der Waals surface area contributed by atoms with Gasteiger partial charge in [-0.3, -0.25) is 9.69 Å². The molecule has 8 heteroatoms. The van der Waals surface area contributed by atoms with Crippen LogP contribution >= 0.6 is 0 Å². The van der Waals surface area contributed by atoms with Gasteiger partial charge in [-0.2, -0.15) is 0 Å². The van der Waals surface area contributed by atoms with Gasteiger partial charge in [-0.25, -0.2) is 9.59 Å². The number of fused-ring (bicyclic) bond motifs is 1. The van der Waals surface area contributed by atoms with Crippen molar-refractivity contribution in [3.63, 3.8) is 0 Å². The van der Waals surface area contributed by atoms with E-state index in [1.807, 2.05) is 53.2 Å². The maximum atomic E-state index is 12.9. The zero-order chi connectivity index (χ0) is 24.3. The lowest BCUT2D eigenvalue weighted by Gasteiger charge is -2.26. The summed E-state index contributed by atoms with van der Waals surface area (Å²) in [7, 11) is 0.